The summed E-state index contributed by atoms with van der Waals surface area (Å²) in [5, 5.41) is 8.46. The van der Waals surface area contributed by atoms with E-state index in [2.05, 4.69) is 27.3 Å². The van der Waals surface area contributed by atoms with Gasteiger partial charge in [-0.3, -0.25) is 14.3 Å². The quantitative estimate of drug-likeness (QED) is 0.794. The van der Waals surface area contributed by atoms with Gasteiger partial charge in [-0.2, -0.15) is 5.10 Å². The van der Waals surface area contributed by atoms with E-state index < -0.39 is 0 Å². The summed E-state index contributed by atoms with van der Waals surface area (Å²) in [6.45, 7) is 6.75. The molecule has 0 radical (unpaired) electrons. The van der Waals surface area contributed by atoms with E-state index in [-0.39, 0.29) is 11.8 Å². The van der Waals surface area contributed by atoms with Crippen LogP contribution in [-0.2, 0) is 19.4 Å². The number of carbonyl (C=O) groups is 2. The maximum absolute atomic E-state index is 13.0. The Morgan fingerprint density at radius 2 is 2.00 bits per heavy atom. The van der Waals surface area contributed by atoms with Gasteiger partial charge in [0, 0.05) is 39.3 Å². The fourth-order valence-electron chi connectivity index (χ4n) is 3.93. The first-order valence-corrected chi connectivity index (χ1v) is 11.1. The van der Waals surface area contributed by atoms with Crippen LogP contribution < -0.4 is 5.32 Å². The summed E-state index contributed by atoms with van der Waals surface area (Å²) in [6.07, 6.45) is 5.93. The number of piperazine rings is 1. The van der Waals surface area contributed by atoms with E-state index in [9.17, 15) is 9.59 Å². The fraction of sp³-hybridized carbons (Fsp3) is 0.600. The largest absolute Gasteiger partial charge is 0.351 e. The summed E-state index contributed by atoms with van der Waals surface area (Å²) in [6, 6.07) is 0. The fourth-order valence-corrected chi connectivity index (χ4v) is 4.71. The standard InChI is InChI=1S/C20H28N6O2S/c1-3-18-21-13-17(29-18)19(27)22-11-14-4-5-26-16(10-14)15(12-23-26)20(28)25-8-6-24(2)7-9-25/h12-14H,3-11H2,1-2H3,(H,22,27). The second-order valence-corrected chi connectivity index (χ2v) is 8.98. The van der Waals surface area contributed by atoms with Crippen LogP contribution in [0.3, 0.4) is 0 Å². The van der Waals surface area contributed by atoms with Crippen molar-refractivity contribution in [1.29, 1.82) is 0 Å². The van der Waals surface area contributed by atoms with Crippen molar-refractivity contribution in [3.63, 3.8) is 0 Å². The van der Waals surface area contributed by atoms with E-state index in [1.807, 2.05) is 16.5 Å². The van der Waals surface area contributed by atoms with E-state index in [1.165, 1.54) is 11.3 Å². The van der Waals surface area contributed by atoms with Gasteiger partial charge in [0.05, 0.1) is 28.7 Å². The Balaban J connectivity index is 1.37. The van der Waals surface area contributed by atoms with Gasteiger partial charge in [0.1, 0.15) is 4.88 Å². The van der Waals surface area contributed by atoms with Crippen LogP contribution in [0.25, 0.3) is 0 Å². The van der Waals surface area contributed by atoms with Gasteiger partial charge < -0.3 is 15.1 Å². The number of amides is 2. The highest BCUT2D eigenvalue weighted by atomic mass is 32.1. The maximum Gasteiger partial charge on any atom is 0.263 e. The average molecular weight is 417 g/mol. The summed E-state index contributed by atoms with van der Waals surface area (Å²) in [4.78, 5) is 34.5. The Bertz CT molecular complexity index is 883. The van der Waals surface area contributed by atoms with Crippen LogP contribution in [0.2, 0.25) is 0 Å². The van der Waals surface area contributed by atoms with Gasteiger partial charge in [0.25, 0.3) is 11.8 Å². The van der Waals surface area contributed by atoms with Crippen LogP contribution in [0.5, 0.6) is 0 Å². The average Bonchev–Trinajstić information content (AvgIpc) is 3.39. The second kappa shape index (κ2) is 8.62. The number of nitrogens with one attached hydrogen (secondary N) is 1. The molecule has 2 aromatic heterocycles. The van der Waals surface area contributed by atoms with Crippen LogP contribution in [0.4, 0.5) is 0 Å². The predicted molar refractivity (Wildman–Crippen MR) is 111 cm³/mol. The van der Waals surface area contributed by atoms with Crippen molar-refractivity contribution in [3.8, 4) is 0 Å². The van der Waals surface area contributed by atoms with Crippen molar-refractivity contribution in [2.75, 3.05) is 39.8 Å². The zero-order valence-corrected chi connectivity index (χ0v) is 17.9. The molecule has 2 amide bonds. The molecule has 9 heteroatoms. The van der Waals surface area contributed by atoms with Crippen molar-refractivity contribution in [3.05, 3.63) is 33.5 Å². The van der Waals surface area contributed by atoms with Crippen molar-refractivity contribution in [2.45, 2.75) is 32.7 Å². The molecule has 1 unspecified atom stereocenters. The molecule has 8 nitrogen and oxygen atoms in total. The lowest BCUT2D eigenvalue weighted by Crippen LogP contribution is -2.47. The van der Waals surface area contributed by atoms with Gasteiger partial charge in [-0.1, -0.05) is 6.92 Å². The van der Waals surface area contributed by atoms with Gasteiger partial charge in [-0.25, -0.2) is 4.98 Å². The Morgan fingerprint density at radius 3 is 2.72 bits per heavy atom. The SMILES string of the molecule is CCc1ncc(C(=O)NCC2CCn3ncc(C(=O)N4CCN(C)CC4)c3C2)s1. The molecular formula is C20H28N6O2S. The number of thiazole rings is 1. The maximum atomic E-state index is 13.0. The van der Waals surface area contributed by atoms with Crippen molar-refractivity contribution >= 4 is 23.2 Å². The summed E-state index contributed by atoms with van der Waals surface area (Å²) < 4.78 is 1.96. The monoisotopic (exact) mass is 416 g/mol. The summed E-state index contributed by atoms with van der Waals surface area (Å²) in [5.74, 6) is 0.330. The third kappa shape index (κ3) is 4.35. The number of hydrogen-bond acceptors (Lipinski definition) is 6. The molecule has 29 heavy (non-hydrogen) atoms. The van der Waals surface area contributed by atoms with E-state index in [4.69, 9.17) is 0 Å². The number of carbonyl (C=O) groups excluding carboxylic acids is 2. The van der Waals surface area contributed by atoms with E-state index in [1.54, 1.807) is 12.4 Å². The number of likely N-dealkylation sites (N-methyl/N-ethyl adjacent to an activating group) is 1. The summed E-state index contributed by atoms with van der Waals surface area (Å²) >= 11 is 1.45. The molecule has 156 valence electrons. The van der Waals surface area contributed by atoms with Crippen molar-refractivity contribution in [1.82, 2.24) is 29.9 Å². The number of nitrogens with zero attached hydrogens (tertiary/aromatic N) is 5. The number of fused-ring (bicyclic) bond motifs is 1. The van der Waals surface area contributed by atoms with Gasteiger partial charge in [-0.05, 0) is 32.2 Å². The molecule has 0 saturated carbocycles. The van der Waals surface area contributed by atoms with Crippen LogP contribution in [0, 0.1) is 5.92 Å². The first kappa shape index (κ1) is 20.0. The first-order chi connectivity index (χ1) is 14.0. The number of hydrogen-bond donors (Lipinski definition) is 1. The first-order valence-electron chi connectivity index (χ1n) is 10.3. The molecule has 1 atom stereocenters. The number of aryl methyl sites for hydroxylation is 2. The Hall–Kier alpha value is -2.26. The highest BCUT2D eigenvalue weighted by Crippen LogP contribution is 2.24. The molecule has 2 aliphatic heterocycles. The smallest absolute Gasteiger partial charge is 0.263 e. The van der Waals surface area contributed by atoms with Crippen molar-refractivity contribution in [2.24, 2.45) is 5.92 Å². The molecule has 2 aliphatic rings. The van der Waals surface area contributed by atoms with Crippen LogP contribution >= 0.6 is 11.3 Å². The third-order valence-corrected chi connectivity index (χ3v) is 6.97. The molecule has 0 bridgehead atoms. The molecule has 4 rings (SSSR count). The summed E-state index contributed by atoms with van der Waals surface area (Å²) in [7, 11) is 2.08. The minimum absolute atomic E-state index is 0.0602. The van der Waals surface area contributed by atoms with Gasteiger partial charge in [0.2, 0.25) is 0 Å². The Kier molecular flexibility index (Phi) is 5.96. The van der Waals surface area contributed by atoms with Gasteiger partial charge in [0.15, 0.2) is 0 Å². The lowest BCUT2D eigenvalue weighted by Gasteiger charge is -2.32. The zero-order chi connectivity index (χ0) is 20.4. The molecule has 0 aliphatic carbocycles. The topological polar surface area (TPSA) is 83.4 Å². The van der Waals surface area contributed by atoms with Crippen LogP contribution in [0.1, 0.15) is 44.1 Å². The third-order valence-electron chi connectivity index (χ3n) is 5.83. The van der Waals surface area contributed by atoms with Crippen molar-refractivity contribution < 1.29 is 9.59 Å². The minimum atomic E-state index is -0.0602. The highest BCUT2D eigenvalue weighted by molar-refractivity contribution is 7.13. The minimum Gasteiger partial charge on any atom is -0.351 e. The predicted octanol–water partition coefficient (Wildman–Crippen LogP) is 1.28. The number of aromatic nitrogens is 3. The van der Waals surface area contributed by atoms with Gasteiger partial charge in [-0.15, -0.1) is 11.3 Å². The lowest BCUT2D eigenvalue weighted by atomic mass is 9.94. The molecule has 1 saturated heterocycles. The van der Waals surface area contributed by atoms with E-state index in [0.717, 1.165) is 68.3 Å². The molecule has 4 heterocycles. The Morgan fingerprint density at radius 1 is 1.21 bits per heavy atom. The molecule has 0 spiro atoms. The molecule has 1 N–H and O–H groups in total. The second-order valence-electron chi connectivity index (χ2n) is 7.86. The molecular weight excluding hydrogens is 388 g/mol. The van der Waals surface area contributed by atoms with Crippen LogP contribution in [-0.4, -0.2) is 76.2 Å². The number of rotatable bonds is 5. The molecule has 2 aromatic rings. The van der Waals surface area contributed by atoms with E-state index >= 15 is 0 Å². The van der Waals surface area contributed by atoms with Gasteiger partial charge >= 0.3 is 0 Å². The summed E-state index contributed by atoms with van der Waals surface area (Å²) in [5.41, 5.74) is 1.73. The highest BCUT2D eigenvalue weighted by Gasteiger charge is 2.29. The Labute approximate surface area is 174 Å². The molecule has 0 aromatic carbocycles. The normalized spacial score (nSPS) is 19.8. The van der Waals surface area contributed by atoms with E-state index in [0.29, 0.717) is 17.3 Å². The van der Waals surface area contributed by atoms with Crippen LogP contribution in [0.15, 0.2) is 12.4 Å². The zero-order valence-electron chi connectivity index (χ0n) is 17.1. The lowest BCUT2D eigenvalue weighted by molar-refractivity contribution is 0.0661. The molecule has 1 fully saturated rings.